The molecule has 0 aromatic heterocycles. The summed E-state index contributed by atoms with van der Waals surface area (Å²) in [5.74, 6) is -0.262. The Morgan fingerprint density at radius 3 is 2.67 bits per heavy atom. The van der Waals surface area contributed by atoms with Crippen LogP contribution < -0.4 is 10.6 Å². The number of benzene rings is 1. The van der Waals surface area contributed by atoms with Gasteiger partial charge in [-0.15, -0.1) is 19.0 Å². The Bertz CT molecular complexity index is 433. The zero-order valence-corrected chi connectivity index (χ0v) is 12.9. The second-order valence-corrected chi connectivity index (χ2v) is 5.00. The van der Waals surface area contributed by atoms with Crippen molar-refractivity contribution < 1.29 is 9.53 Å². The van der Waals surface area contributed by atoms with Gasteiger partial charge in [-0.05, 0) is 31.5 Å². The zero-order valence-electron chi connectivity index (χ0n) is 12.1. The molecule has 0 saturated carbocycles. The van der Waals surface area contributed by atoms with E-state index >= 15 is 0 Å². The summed E-state index contributed by atoms with van der Waals surface area (Å²) >= 11 is 0. The Kier molecular flexibility index (Phi) is 8.05. The molecule has 116 valence electrons. The SMILES string of the molecule is C=CC(NC1CCNCC1)C(=O)OCc1ccccc1.Cl. The van der Waals surface area contributed by atoms with Gasteiger partial charge >= 0.3 is 5.97 Å². The molecule has 1 aliphatic rings. The van der Waals surface area contributed by atoms with E-state index in [-0.39, 0.29) is 18.4 Å². The smallest absolute Gasteiger partial charge is 0.327 e. The largest absolute Gasteiger partial charge is 0.459 e. The van der Waals surface area contributed by atoms with E-state index in [1.54, 1.807) is 6.08 Å². The number of esters is 1. The van der Waals surface area contributed by atoms with Gasteiger partial charge in [-0.3, -0.25) is 5.32 Å². The van der Waals surface area contributed by atoms with E-state index in [4.69, 9.17) is 4.74 Å². The quantitative estimate of drug-likeness (QED) is 0.624. The highest BCUT2D eigenvalue weighted by Gasteiger charge is 2.21. The molecule has 21 heavy (non-hydrogen) atoms. The van der Waals surface area contributed by atoms with Crippen LogP contribution in [0.4, 0.5) is 0 Å². The summed E-state index contributed by atoms with van der Waals surface area (Å²) in [7, 11) is 0. The topological polar surface area (TPSA) is 50.4 Å². The van der Waals surface area contributed by atoms with E-state index in [1.807, 2.05) is 30.3 Å². The summed E-state index contributed by atoms with van der Waals surface area (Å²) in [5.41, 5.74) is 0.991. The van der Waals surface area contributed by atoms with Crippen molar-refractivity contribution in [2.75, 3.05) is 13.1 Å². The molecule has 0 bridgehead atoms. The third kappa shape index (κ3) is 5.87. The number of carbonyl (C=O) groups is 1. The average Bonchev–Trinajstić information content (AvgIpc) is 2.52. The molecule has 0 spiro atoms. The minimum absolute atomic E-state index is 0. The first kappa shape index (κ1) is 17.7. The molecular weight excluding hydrogens is 288 g/mol. The lowest BCUT2D eigenvalue weighted by atomic mass is 10.1. The minimum atomic E-state index is -0.429. The number of rotatable bonds is 6. The molecule has 4 nitrogen and oxygen atoms in total. The minimum Gasteiger partial charge on any atom is -0.459 e. The summed E-state index contributed by atoms with van der Waals surface area (Å²) in [6.45, 7) is 6.00. The van der Waals surface area contributed by atoms with Crippen LogP contribution in [0, 0.1) is 0 Å². The van der Waals surface area contributed by atoms with Crippen molar-refractivity contribution in [1.82, 2.24) is 10.6 Å². The molecular formula is C16H23ClN2O2. The number of hydrogen-bond acceptors (Lipinski definition) is 4. The van der Waals surface area contributed by atoms with Gasteiger partial charge in [-0.25, -0.2) is 4.79 Å². The van der Waals surface area contributed by atoms with E-state index in [9.17, 15) is 4.79 Å². The second kappa shape index (κ2) is 9.55. The molecule has 2 N–H and O–H groups in total. The van der Waals surface area contributed by atoms with Gasteiger partial charge in [0, 0.05) is 6.04 Å². The van der Waals surface area contributed by atoms with Gasteiger partial charge in [0.25, 0.3) is 0 Å². The Labute approximate surface area is 132 Å². The summed E-state index contributed by atoms with van der Waals surface area (Å²) in [6.07, 6.45) is 3.67. The number of ether oxygens (including phenoxy) is 1. The first-order chi connectivity index (χ1) is 9.79. The van der Waals surface area contributed by atoms with E-state index in [2.05, 4.69) is 17.2 Å². The molecule has 1 aromatic carbocycles. The first-order valence-corrected chi connectivity index (χ1v) is 7.09. The standard InChI is InChI=1S/C16H22N2O2.ClH/c1-2-15(18-14-8-10-17-11-9-14)16(19)20-12-13-6-4-3-5-7-13;/h2-7,14-15,17-18H,1,8-12H2;1H. The number of piperidine rings is 1. The molecule has 0 radical (unpaired) electrons. The summed E-state index contributed by atoms with van der Waals surface area (Å²) < 4.78 is 5.33. The fraction of sp³-hybridized carbons (Fsp3) is 0.438. The fourth-order valence-corrected chi connectivity index (χ4v) is 2.29. The summed E-state index contributed by atoms with van der Waals surface area (Å²) in [5, 5.41) is 6.61. The van der Waals surface area contributed by atoms with E-state index in [0.717, 1.165) is 31.5 Å². The van der Waals surface area contributed by atoms with Gasteiger partial charge in [0.15, 0.2) is 0 Å². The van der Waals surface area contributed by atoms with Crippen LogP contribution in [0.5, 0.6) is 0 Å². The lowest BCUT2D eigenvalue weighted by molar-refractivity contribution is -0.146. The monoisotopic (exact) mass is 310 g/mol. The van der Waals surface area contributed by atoms with Crippen LogP contribution in [0.1, 0.15) is 18.4 Å². The van der Waals surface area contributed by atoms with Crippen LogP contribution in [0.2, 0.25) is 0 Å². The Balaban J connectivity index is 0.00000220. The van der Waals surface area contributed by atoms with Gasteiger partial charge in [-0.1, -0.05) is 36.4 Å². The third-order valence-electron chi connectivity index (χ3n) is 3.47. The van der Waals surface area contributed by atoms with Crippen LogP contribution >= 0.6 is 12.4 Å². The molecule has 1 heterocycles. The van der Waals surface area contributed by atoms with Crippen LogP contribution in [0.25, 0.3) is 0 Å². The molecule has 1 aromatic rings. The maximum atomic E-state index is 12.0. The van der Waals surface area contributed by atoms with Gasteiger partial charge in [0.2, 0.25) is 0 Å². The fourth-order valence-electron chi connectivity index (χ4n) is 2.29. The Morgan fingerprint density at radius 1 is 1.38 bits per heavy atom. The molecule has 1 atom stereocenters. The van der Waals surface area contributed by atoms with Crippen LogP contribution in [0.15, 0.2) is 43.0 Å². The lowest BCUT2D eigenvalue weighted by Gasteiger charge is -2.26. The van der Waals surface area contributed by atoms with Crippen molar-refractivity contribution in [2.45, 2.75) is 31.5 Å². The number of halogens is 1. The maximum absolute atomic E-state index is 12.0. The highest BCUT2D eigenvalue weighted by atomic mass is 35.5. The molecule has 2 rings (SSSR count). The lowest BCUT2D eigenvalue weighted by Crippen LogP contribution is -2.47. The molecule has 1 unspecified atom stereocenters. The Hall–Kier alpha value is -1.36. The number of nitrogens with one attached hydrogen (secondary N) is 2. The van der Waals surface area contributed by atoms with Crippen molar-refractivity contribution in [1.29, 1.82) is 0 Å². The normalized spacial score (nSPS) is 16.6. The van der Waals surface area contributed by atoms with Crippen molar-refractivity contribution in [2.24, 2.45) is 0 Å². The van der Waals surface area contributed by atoms with Crippen molar-refractivity contribution >= 4 is 18.4 Å². The second-order valence-electron chi connectivity index (χ2n) is 5.00. The molecule has 0 aliphatic carbocycles. The summed E-state index contributed by atoms with van der Waals surface area (Å²) in [6, 6.07) is 9.61. The van der Waals surface area contributed by atoms with E-state index < -0.39 is 6.04 Å². The maximum Gasteiger partial charge on any atom is 0.327 e. The number of carbonyl (C=O) groups excluding carboxylic acids is 1. The van der Waals surface area contributed by atoms with E-state index in [0.29, 0.717) is 12.6 Å². The van der Waals surface area contributed by atoms with Crippen molar-refractivity contribution in [3.8, 4) is 0 Å². The first-order valence-electron chi connectivity index (χ1n) is 7.09. The van der Waals surface area contributed by atoms with Crippen LogP contribution in [0.3, 0.4) is 0 Å². The molecule has 1 aliphatic heterocycles. The predicted octanol–water partition coefficient (Wildman–Crippen LogP) is 2.05. The predicted molar refractivity (Wildman–Crippen MR) is 86.5 cm³/mol. The third-order valence-corrected chi connectivity index (χ3v) is 3.47. The van der Waals surface area contributed by atoms with Crippen molar-refractivity contribution in [3.05, 3.63) is 48.6 Å². The highest BCUT2D eigenvalue weighted by Crippen LogP contribution is 2.06. The molecule has 5 heteroatoms. The van der Waals surface area contributed by atoms with Gasteiger partial charge in [-0.2, -0.15) is 0 Å². The van der Waals surface area contributed by atoms with Crippen LogP contribution in [-0.2, 0) is 16.1 Å². The zero-order chi connectivity index (χ0) is 14.2. The van der Waals surface area contributed by atoms with Crippen molar-refractivity contribution in [3.63, 3.8) is 0 Å². The van der Waals surface area contributed by atoms with Gasteiger partial charge < -0.3 is 10.1 Å². The van der Waals surface area contributed by atoms with Crippen LogP contribution in [-0.4, -0.2) is 31.1 Å². The highest BCUT2D eigenvalue weighted by molar-refractivity contribution is 5.85. The molecule has 1 saturated heterocycles. The number of hydrogen-bond donors (Lipinski definition) is 2. The van der Waals surface area contributed by atoms with Gasteiger partial charge in [0.05, 0.1) is 0 Å². The van der Waals surface area contributed by atoms with E-state index in [1.165, 1.54) is 0 Å². The Morgan fingerprint density at radius 2 is 2.05 bits per heavy atom. The summed E-state index contributed by atoms with van der Waals surface area (Å²) in [4.78, 5) is 12.0. The average molecular weight is 311 g/mol. The van der Waals surface area contributed by atoms with Gasteiger partial charge in [0.1, 0.15) is 12.6 Å². The molecule has 1 fully saturated rings. The molecule has 0 amide bonds.